The van der Waals surface area contributed by atoms with Crippen molar-refractivity contribution in [2.75, 3.05) is 36.5 Å². The standard InChI is InChI=1S/C31H35N5O3S/c37-31(34-27-13-3-22(4-14-27)21-36-16-18-40(38,39)19-17-36)26-11-7-24(8-12-26)23-5-9-25(10-6-23)29-20-33-30(35-29)28-2-1-15-32-28/h3-14,20,28,31-32,34,37H,1-2,15-19,21H2,(H,33,35). The molecule has 9 heteroatoms. The van der Waals surface area contributed by atoms with Crippen LogP contribution in [-0.2, 0) is 16.4 Å². The predicted octanol–water partition coefficient (Wildman–Crippen LogP) is 4.50. The zero-order valence-electron chi connectivity index (χ0n) is 22.4. The minimum atomic E-state index is -2.87. The zero-order chi connectivity index (χ0) is 27.5. The van der Waals surface area contributed by atoms with E-state index in [0.29, 0.717) is 19.1 Å². The molecule has 8 nitrogen and oxygen atoms in total. The fourth-order valence-electron chi connectivity index (χ4n) is 5.39. The summed E-state index contributed by atoms with van der Waals surface area (Å²) in [5.74, 6) is 1.47. The van der Waals surface area contributed by atoms with Crippen LogP contribution < -0.4 is 10.6 Å². The monoisotopic (exact) mass is 557 g/mol. The highest BCUT2D eigenvalue weighted by atomic mass is 32.2. The lowest BCUT2D eigenvalue weighted by atomic mass is 10.0. The number of sulfone groups is 1. The van der Waals surface area contributed by atoms with E-state index < -0.39 is 16.1 Å². The van der Waals surface area contributed by atoms with Crippen molar-refractivity contribution in [2.24, 2.45) is 0 Å². The smallest absolute Gasteiger partial charge is 0.152 e. The Hall–Kier alpha value is -3.50. The van der Waals surface area contributed by atoms with Crippen LogP contribution in [0.15, 0.2) is 79.0 Å². The third kappa shape index (κ3) is 6.28. The van der Waals surface area contributed by atoms with Gasteiger partial charge in [-0.25, -0.2) is 13.4 Å². The van der Waals surface area contributed by atoms with Crippen LogP contribution in [0.4, 0.5) is 5.69 Å². The van der Waals surface area contributed by atoms with E-state index in [-0.39, 0.29) is 11.5 Å². The van der Waals surface area contributed by atoms with Gasteiger partial charge in [0, 0.05) is 30.9 Å². The van der Waals surface area contributed by atoms with Crippen molar-refractivity contribution in [1.29, 1.82) is 0 Å². The second-order valence-electron chi connectivity index (χ2n) is 10.7. The van der Waals surface area contributed by atoms with Crippen molar-refractivity contribution in [3.8, 4) is 22.4 Å². The van der Waals surface area contributed by atoms with Gasteiger partial charge >= 0.3 is 0 Å². The minimum absolute atomic E-state index is 0.229. The normalized spacial score (nSPS) is 19.9. The van der Waals surface area contributed by atoms with Crippen molar-refractivity contribution in [3.63, 3.8) is 0 Å². The number of imidazole rings is 1. The Bertz CT molecular complexity index is 1510. The summed E-state index contributed by atoms with van der Waals surface area (Å²) in [6, 6.07) is 24.6. The Balaban J connectivity index is 1.04. The van der Waals surface area contributed by atoms with E-state index >= 15 is 0 Å². The van der Waals surface area contributed by atoms with E-state index in [0.717, 1.165) is 64.5 Å². The largest absolute Gasteiger partial charge is 0.369 e. The van der Waals surface area contributed by atoms with Crippen molar-refractivity contribution in [1.82, 2.24) is 20.2 Å². The molecule has 0 saturated carbocycles. The van der Waals surface area contributed by atoms with Gasteiger partial charge in [0.2, 0.25) is 0 Å². The number of nitrogens with zero attached hydrogens (tertiary/aromatic N) is 2. The lowest BCUT2D eigenvalue weighted by Gasteiger charge is -2.26. The van der Waals surface area contributed by atoms with Gasteiger partial charge in [0.25, 0.3) is 0 Å². The maximum atomic E-state index is 11.6. The number of aromatic nitrogens is 2. The third-order valence-electron chi connectivity index (χ3n) is 7.84. The highest BCUT2D eigenvalue weighted by molar-refractivity contribution is 7.91. The van der Waals surface area contributed by atoms with Gasteiger partial charge in [-0.2, -0.15) is 0 Å². The molecule has 2 atom stereocenters. The van der Waals surface area contributed by atoms with Gasteiger partial charge in [-0.05, 0) is 53.8 Å². The molecule has 0 aliphatic carbocycles. The number of aliphatic hydroxyl groups excluding tert-OH is 1. The van der Waals surface area contributed by atoms with E-state index in [4.69, 9.17) is 0 Å². The number of rotatable bonds is 8. The average Bonchev–Trinajstić information content (AvgIpc) is 3.68. The molecule has 4 aromatic rings. The molecule has 40 heavy (non-hydrogen) atoms. The van der Waals surface area contributed by atoms with E-state index in [1.54, 1.807) is 0 Å². The SMILES string of the molecule is O=S1(=O)CCN(Cc2ccc(NC(O)c3ccc(-c4ccc(-c5cnc(C6CCCN6)[nH]5)cc4)cc3)cc2)CC1. The second kappa shape index (κ2) is 11.5. The quantitative estimate of drug-likeness (QED) is 0.236. The van der Waals surface area contributed by atoms with Gasteiger partial charge in [-0.1, -0.05) is 60.7 Å². The lowest BCUT2D eigenvalue weighted by molar-refractivity contribution is 0.208. The molecule has 2 unspecified atom stereocenters. The Morgan fingerprint density at radius 3 is 2.23 bits per heavy atom. The Kier molecular flexibility index (Phi) is 7.71. The van der Waals surface area contributed by atoms with Crippen molar-refractivity contribution < 1.29 is 13.5 Å². The molecule has 2 saturated heterocycles. The number of aliphatic hydroxyl groups is 1. The minimum Gasteiger partial charge on any atom is -0.369 e. The summed E-state index contributed by atoms with van der Waals surface area (Å²) < 4.78 is 23.3. The molecule has 4 N–H and O–H groups in total. The van der Waals surface area contributed by atoms with Crippen molar-refractivity contribution >= 4 is 15.5 Å². The molecule has 1 aromatic heterocycles. The fraction of sp³-hybridized carbons (Fsp3) is 0.323. The molecule has 2 aliphatic rings. The summed E-state index contributed by atoms with van der Waals surface area (Å²) in [5.41, 5.74) is 7.04. The van der Waals surface area contributed by atoms with Gasteiger partial charge < -0.3 is 20.7 Å². The highest BCUT2D eigenvalue weighted by Crippen LogP contribution is 2.28. The third-order valence-corrected chi connectivity index (χ3v) is 9.45. The number of hydrogen-bond acceptors (Lipinski definition) is 7. The number of nitrogens with one attached hydrogen (secondary N) is 3. The number of aromatic amines is 1. The van der Waals surface area contributed by atoms with Crippen LogP contribution >= 0.6 is 0 Å². The summed E-state index contributed by atoms with van der Waals surface area (Å²) in [6.07, 6.45) is 3.38. The molecule has 0 spiro atoms. The molecule has 0 amide bonds. The predicted molar refractivity (Wildman–Crippen MR) is 158 cm³/mol. The number of benzene rings is 3. The summed E-state index contributed by atoms with van der Waals surface area (Å²) in [6.45, 7) is 2.92. The van der Waals surface area contributed by atoms with Crippen LogP contribution in [0, 0.1) is 0 Å². The first-order chi connectivity index (χ1) is 19.4. The molecule has 2 aliphatic heterocycles. The van der Waals surface area contributed by atoms with E-state index in [1.165, 1.54) is 6.42 Å². The van der Waals surface area contributed by atoms with Gasteiger partial charge in [0.15, 0.2) is 16.1 Å². The molecular formula is C31H35N5O3S. The topological polar surface area (TPSA) is 110 Å². The van der Waals surface area contributed by atoms with E-state index in [1.807, 2.05) is 54.7 Å². The highest BCUT2D eigenvalue weighted by Gasteiger charge is 2.21. The number of hydrogen-bond donors (Lipinski definition) is 4. The van der Waals surface area contributed by atoms with Crippen molar-refractivity contribution in [2.45, 2.75) is 31.7 Å². The molecule has 2 fully saturated rings. The molecule has 6 rings (SSSR count). The van der Waals surface area contributed by atoms with Gasteiger partial charge in [-0.15, -0.1) is 0 Å². The maximum absolute atomic E-state index is 11.6. The zero-order valence-corrected chi connectivity index (χ0v) is 23.2. The van der Waals surface area contributed by atoms with E-state index in [9.17, 15) is 13.5 Å². The fourth-order valence-corrected chi connectivity index (χ4v) is 6.67. The molecule has 208 valence electrons. The maximum Gasteiger partial charge on any atom is 0.152 e. The molecular weight excluding hydrogens is 522 g/mol. The average molecular weight is 558 g/mol. The Labute approximate surface area is 235 Å². The first-order valence-electron chi connectivity index (χ1n) is 13.9. The Morgan fingerprint density at radius 2 is 1.57 bits per heavy atom. The summed E-state index contributed by atoms with van der Waals surface area (Å²) in [5, 5.41) is 17.4. The molecule has 3 aromatic carbocycles. The van der Waals surface area contributed by atoms with Crippen molar-refractivity contribution in [3.05, 3.63) is 95.9 Å². The van der Waals surface area contributed by atoms with Crippen LogP contribution in [-0.4, -0.2) is 59.5 Å². The van der Waals surface area contributed by atoms with Gasteiger partial charge in [-0.3, -0.25) is 4.90 Å². The van der Waals surface area contributed by atoms with Crippen LogP contribution in [0.5, 0.6) is 0 Å². The molecule has 0 radical (unpaired) electrons. The molecule has 0 bridgehead atoms. The molecule has 3 heterocycles. The number of H-pyrrole nitrogens is 1. The van der Waals surface area contributed by atoms with E-state index in [2.05, 4.69) is 49.8 Å². The van der Waals surface area contributed by atoms with Gasteiger partial charge in [0.05, 0.1) is 29.4 Å². The summed E-state index contributed by atoms with van der Waals surface area (Å²) >= 11 is 0. The summed E-state index contributed by atoms with van der Waals surface area (Å²) in [4.78, 5) is 10.2. The summed E-state index contributed by atoms with van der Waals surface area (Å²) in [7, 11) is -2.87. The van der Waals surface area contributed by atoms with Crippen LogP contribution in [0.3, 0.4) is 0 Å². The number of anilines is 1. The second-order valence-corrected chi connectivity index (χ2v) is 13.0. The first kappa shape index (κ1) is 26.7. The lowest BCUT2D eigenvalue weighted by Crippen LogP contribution is -2.39. The van der Waals surface area contributed by atoms with Crippen LogP contribution in [0.1, 0.15) is 42.1 Å². The Morgan fingerprint density at radius 1 is 0.925 bits per heavy atom. The van der Waals surface area contributed by atoms with Crippen LogP contribution in [0.2, 0.25) is 0 Å². The first-order valence-corrected chi connectivity index (χ1v) is 15.7. The van der Waals surface area contributed by atoms with Crippen LogP contribution in [0.25, 0.3) is 22.4 Å². The van der Waals surface area contributed by atoms with Gasteiger partial charge in [0.1, 0.15) is 5.82 Å².